The largest absolute Gasteiger partial charge is 0.398 e. The molecule has 0 fully saturated rings. The van der Waals surface area contributed by atoms with Crippen LogP contribution in [0.1, 0.15) is 6.92 Å². The van der Waals surface area contributed by atoms with Crippen LogP contribution < -0.4 is 5.73 Å². The second-order valence-corrected chi connectivity index (χ2v) is 1.83. The van der Waals surface area contributed by atoms with E-state index in [9.17, 15) is 4.39 Å². The highest BCUT2D eigenvalue weighted by molar-refractivity contribution is 5.28. The molecule has 1 nitrogen and oxygen atoms in total. The summed E-state index contributed by atoms with van der Waals surface area (Å²) in [6.07, 6.45) is 1.14. The quantitative estimate of drug-likeness (QED) is 0.563. The second-order valence-electron chi connectivity index (χ2n) is 1.83. The van der Waals surface area contributed by atoms with Crippen LogP contribution in [-0.2, 0) is 0 Å². The van der Waals surface area contributed by atoms with Crippen molar-refractivity contribution in [3.8, 4) is 0 Å². The van der Waals surface area contributed by atoms with Crippen LogP contribution in [0.4, 0.5) is 4.39 Å². The van der Waals surface area contributed by atoms with E-state index in [1.807, 2.05) is 0 Å². The van der Waals surface area contributed by atoms with Crippen molar-refractivity contribution in [3.05, 3.63) is 36.3 Å². The van der Waals surface area contributed by atoms with E-state index in [0.29, 0.717) is 11.3 Å². The van der Waals surface area contributed by atoms with Crippen LogP contribution in [0.5, 0.6) is 0 Å². The Morgan fingerprint density at radius 2 is 2.00 bits per heavy atom. The van der Waals surface area contributed by atoms with Crippen LogP contribution in [0.15, 0.2) is 36.3 Å². The van der Waals surface area contributed by atoms with Crippen molar-refractivity contribution >= 4 is 0 Å². The summed E-state index contributed by atoms with van der Waals surface area (Å²) >= 11 is 0. The third kappa shape index (κ3) is 3.53. The summed E-state index contributed by atoms with van der Waals surface area (Å²) in [7, 11) is 0. The molecule has 0 aliphatic carbocycles. The predicted molar refractivity (Wildman–Crippen MR) is 37.3 cm³/mol. The molecule has 0 aliphatic heterocycles. The monoisotopic (exact) mass is 127 g/mol. The molecule has 0 atom stereocenters. The fraction of sp³-hybridized carbons (Fsp3) is 0.143. The van der Waals surface area contributed by atoms with E-state index in [4.69, 9.17) is 5.73 Å². The van der Waals surface area contributed by atoms with Crippen molar-refractivity contribution in [2.24, 2.45) is 5.73 Å². The highest BCUT2D eigenvalue weighted by Crippen LogP contribution is 2.03. The van der Waals surface area contributed by atoms with Crippen LogP contribution in [0.2, 0.25) is 0 Å². The van der Waals surface area contributed by atoms with Gasteiger partial charge in [0.1, 0.15) is 5.83 Å². The molecule has 0 saturated heterocycles. The Balaban J connectivity index is 4.17. The molecule has 0 aliphatic rings. The number of nitrogens with two attached hydrogens (primary N) is 1. The standard InChI is InChI=1S/C7H10FN/c1-5(2)7(9)4-6(3)8/h4H,1,3,9H2,2H3/b7-4+. The highest BCUT2D eigenvalue weighted by atomic mass is 19.1. The van der Waals surface area contributed by atoms with Gasteiger partial charge >= 0.3 is 0 Å². The minimum absolute atomic E-state index is 0.336. The molecule has 0 aromatic carbocycles. The minimum Gasteiger partial charge on any atom is -0.398 e. The van der Waals surface area contributed by atoms with Crippen LogP contribution in [-0.4, -0.2) is 0 Å². The zero-order valence-electron chi connectivity index (χ0n) is 5.45. The van der Waals surface area contributed by atoms with Gasteiger partial charge in [-0.1, -0.05) is 13.2 Å². The average Bonchev–Trinajstić information content (AvgIpc) is 1.63. The lowest BCUT2D eigenvalue weighted by atomic mass is 10.2. The van der Waals surface area contributed by atoms with E-state index in [1.54, 1.807) is 6.92 Å². The van der Waals surface area contributed by atoms with E-state index in [2.05, 4.69) is 13.2 Å². The summed E-state index contributed by atoms with van der Waals surface area (Å²) in [5, 5.41) is 0. The summed E-state index contributed by atoms with van der Waals surface area (Å²) in [6, 6.07) is 0. The van der Waals surface area contributed by atoms with Gasteiger partial charge < -0.3 is 5.73 Å². The molecule has 0 bridgehead atoms. The molecule has 2 heteroatoms. The summed E-state index contributed by atoms with van der Waals surface area (Å²) in [6.45, 7) is 8.22. The van der Waals surface area contributed by atoms with Gasteiger partial charge in [-0.25, -0.2) is 4.39 Å². The van der Waals surface area contributed by atoms with Gasteiger partial charge in [-0.15, -0.1) is 0 Å². The molecule has 0 saturated carbocycles. The van der Waals surface area contributed by atoms with E-state index >= 15 is 0 Å². The molecule has 0 spiro atoms. The lowest BCUT2D eigenvalue weighted by molar-refractivity contribution is 0.669. The smallest absolute Gasteiger partial charge is 0.118 e. The zero-order valence-corrected chi connectivity index (χ0v) is 5.45. The summed E-state index contributed by atoms with van der Waals surface area (Å²) in [5.74, 6) is -0.546. The van der Waals surface area contributed by atoms with Crippen molar-refractivity contribution < 1.29 is 4.39 Å². The van der Waals surface area contributed by atoms with E-state index < -0.39 is 5.83 Å². The maximum atomic E-state index is 11.9. The van der Waals surface area contributed by atoms with Gasteiger partial charge in [-0.2, -0.15) is 0 Å². The van der Waals surface area contributed by atoms with Crippen molar-refractivity contribution in [1.82, 2.24) is 0 Å². The number of hydrogen-bond donors (Lipinski definition) is 1. The van der Waals surface area contributed by atoms with Crippen molar-refractivity contribution in [2.75, 3.05) is 0 Å². The van der Waals surface area contributed by atoms with Gasteiger partial charge in [-0.3, -0.25) is 0 Å². The topological polar surface area (TPSA) is 26.0 Å². The number of halogens is 1. The third-order valence-electron chi connectivity index (χ3n) is 0.805. The van der Waals surface area contributed by atoms with Gasteiger partial charge in [-0.05, 0) is 18.6 Å². The number of hydrogen-bond acceptors (Lipinski definition) is 1. The fourth-order valence-electron chi connectivity index (χ4n) is 0.292. The normalized spacial score (nSPS) is 11.1. The van der Waals surface area contributed by atoms with Crippen molar-refractivity contribution in [2.45, 2.75) is 6.92 Å². The molecule has 0 radical (unpaired) electrons. The molecular weight excluding hydrogens is 117 g/mol. The zero-order chi connectivity index (χ0) is 7.44. The van der Waals surface area contributed by atoms with Crippen LogP contribution in [0.25, 0.3) is 0 Å². The Hall–Kier alpha value is -1.05. The van der Waals surface area contributed by atoms with Gasteiger partial charge in [0.15, 0.2) is 0 Å². The first-order chi connectivity index (χ1) is 4.04. The molecule has 0 aromatic rings. The Labute approximate surface area is 54.4 Å². The summed E-state index contributed by atoms with van der Waals surface area (Å²) < 4.78 is 11.9. The first-order valence-electron chi connectivity index (χ1n) is 2.51. The Morgan fingerprint density at radius 1 is 1.56 bits per heavy atom. The minimum atomic E-state index is -0.546. The molecular formula is C7H10FN. The molecule has 0 unspecified atom stereocenters. The maximum Gasteiger partial charge on any atom is 0.118 e. The van der Waals surface area contributed by atoms with Gasteiger partial charge in [0.25, 0.3) is 0 Å². The van der Waals surface area contributed by atoms with E-state index in [-0.39, 0.29) is 0 Å². The molecule has 0 heterocycles. The van der Waals surface area contributed by atoms with Crippen LogP contribution >= 0.6 is 0 Å². The second kappa shape index (κ2) is 3.07. The van der Waals surface area contributed by atoms with E-state index in [0.717, 1.165) is 6.08 Å². The lowest BCUT2D eigenvalue weighted by Crippen LogP contribution is -1.96. The maximum absolute atomic E-state index is 11.9. The Bertz CT molecular complexity index is 168. The summed E-state index contributed by atoms with van der Waals surface area (Å²) in [4.78, 5) is 0. The van der Waals surface area contributed by atoms with Crippen molar-refractivity contribution in [3.63, 3.8) is 0 Å². The molecule has 50 valence electrons. The third-order valence-corrected chi connectivity index (χ3v) is 0.805. The van der Waals surface area contributed by atoms with Gasteiger partial charge in [0, 0.05) is 5.70 Å². The molecule has 9 heavy (non-hydrogen) atoms. The molecule has 0 rings (SSSR count). The summed E-state index contributed by atoms with van der Waals surface area (Å²) in [5.41, 5.74) is 6.26. The average molecular weight is 127 g/mol. The van der Waals surface area contributed by atoms with Crippen LogP contribution in [0.3, 0.4) is 0 Å². The first kappa shape index (κ1) is 7.95. The van der Waals surface area contributed by atoms with Crippen LogP contribution in [0, 0.1) is 0 Å². The first-order valence-corrected chi connectivity index (χ1v) is 2.51. The Morgan fingerprint density at radius 3 is 2.11 bits per heavy atom. The molecule has 2 N–H and O–H groups in total. The number of allylic oxidation sites excluding steroid dienone is 3. The fourth-order valence-corrected chi connectivity index (χ4v) is 0.292. The SMILES string of the molecule is C=C(F)/C=C(/N)C(=C)C. The van der Waals surface area contributed by atoms with Gasteiger partial charge in [0.2, 0.25) is 0 Å². The van der Waals surface area contributed by atoms with E-state index in [1.165, 1.54) is 0 Å². The van der Waals surface area contributed by atoms with Gasteiger partial charge in [0.05, 0.1) is 0 Å². The molecule has 0 aromatic heterocycles. The molecule has 0 amide bonds. The number of rotatable bonds is 2. The van der Waals surface area contributed by atoms with Crippen molar-refractivity contribution in [1.29, 1.82) is 0 Å². The Kier molecular flexibility index (Phi) is 2.71. The lowest BCUT2D eigenvalue weighted by Gasteiger charge is -1.95. The predicted octanol–water partition coefficient (Wildman–Crippen LogP) is 1.89. The highest BCUT2D eigenvalue weighted by Gasteiger charge is 1.89.